The van der Waals surface area contributed by atoms with Crippen molar-refractivity contribution in [1.82, 2.24) is 14.8 Å². The molecule has 1 aromatic heterocycles. The smallest absolute Gasteiger partial charge is 0.416 e. The molecule has 0 saturated heterocycles. The van der Waals surface area contributed by atoms with Crippen molar-refractivity contribution in [2.24, 2.45) is 7.05 Å². The number of aromatic nitrogens is 3. The van der Waals surface area contributed by atoms with E-state index < -0.39 is 22.9 Å². The maximum Gasteiger partial charge on any atom is 0.416 e. The minimum Gasteiger partial charge on any atom is -0.497 e. The number of halogens is 3. The third-order valence-corrected chi connectivity index (χ3v) is 5.43. The molecule has 0 saturated carbocycles. The fourth-order valence-corrected chi connectivity index (χ4v) is 3.45. The molecule has 0 aliphatic heterocycles. The molecule has 0 spiro atoms. The first-order valence-corrected chi connectivity index (χ1v) is 9.75. The molecule has 0 aliphatic rings. The maximum absolute atomic E-state index is 12.8. The van der Waals surface area contributed by atoms with E-state index in [2.05, 4.69) is 15.5 Å². The van der Waals surface area contributed by atoms with Gasteiger partial charge in [-0.25, -0.2) is 0 Å². The SMILES string of the molecule is COc1ccc(-c2nnc(SC(C)C(=O)Nc3cccc(C(F)(F)F)c3)n2C)cc1. The van der Waals surface area contributed by atoms with Gasteiger partial charge in [0.05, 0.1) is 17.9 Å². The van der Waals surface area contributed by atoms with Gasteiger partial charge in [-0.1, -0.05) is 17.8 Å². The molecule has 1 amide bonds. The van der Waals surface area contributed by atoms with Crippen LogP contribution in [0.5, 0.6) is 5.75 Å². The second-order valence-corrected chi connectivity index (χ2v) is 7.73. The molecule has 1 heterocycles. The van der Waals surface area contributed by atoms with Crippen LogP contribution in [0.25, 0.3) is 11.4 Å². The molecule has 10 heteroatoms. The van der Waals surface area contributed by atoms with Gasteiger partial charge in [0.1, 0.15) is 5.75 Å². The van der Waals surface area contributed by atoms with Crippen molar-refractivity contribution in [3.63, 3.8) is 0 Å². The standard InChI is InChI=1S/C20H19F3N4O2S/c1-12(18(28)24-15-6-4-5-14(11-15)20(21,22)23)30-19-26-25-17(27(19)2)13-7-9-16(29-3)10-8-13/h4-12H,1-3H3,(H,24,28). The molecule has 1 N–H and O–H groups in total. The van der Waals surface area contributed by atoms with E-state index in [-0.39, 0.29) is 5.69 Å². The summed E-state index contributed by atoms with van der Waals surface area (Å²) in [6, 6.07) is 11.8. The Labute approximate surface area is 175 Å². The summed E-state index contributed by atoms with van der Waals surface area (Å²) in [6.45, 7) is 1.65. The largest absolute Gasteiger partial charge is 0.497 e. The highest BCUT2D eigenvalue weighted by Crippen LogP contribution is 2.31. The monoisotopic (exact) mass is 436 g/mol. The number of hydrogen-bond donors (Lipinski definition) is 1. The van der Waals surface area contributed by atoms with Crippen LogP contribution in [-0.4, -0.2) is 33.0 Å². The number of anilines is 1. The van der Waals surface area contributed by atoms with Crippen molar-refractivity contribution in [3.05, 3.63) is 54.1 Å². The highest BCUT2D eigenvalue weighted by atomic mass is 32.2. The topological polar surface area (TPSA) is 69.0 Å². The van der Waals surface area contributed by atoms with Gasteiger partial charge in [-0.05, 0) is 49.4 Å². The summed E-state index contributed by atoms with van der Waals surface area (Å²) in [5.41, 5.74) is 0.0934. The van der Waals surface area contributed by atoms with Crippen molar-refractivity contribution in [2.45, 2.75) is 23.5 Å². The zero-order chi connectivity index (χ0) is 21.9. The van der Waals surface area contributed by atoms with E-state index in [9.17, 15) is 18.0 Å². The summed E-state index contributed by atoms with van der Waals surface area (Å²) in [7, 11) is 3.36. The number of thioether (sulfide) groups is 1. The summed E-state index contributed by atoms with van der Waals surface area (Å²) in [6.07, 6.45) is -4.47. The average molecular weight is 436 g/mol. The minimum atomic E-state index is -4.47. The Bertz CT molecular complexity index is 1040. The first-order valence-electron chi connectivity index (χ1n) is 8.87. The number of amides is 1. The fraction of sp³-hybridized carbons (Fsp3) is 0.250. The van der Waals surface area contributed by atoms with Crippen LogP contribution >= 0.6 is 11.8 Å². The van der Waals surface area contributed by atoms with Crippen molar-refractivity contribution in [2.75, 3.05) is 12.4 Å². The molecular formula is C20H19F3N4O2S. The summed E-state index contributed by atoms with van der Waals surface area (Å²) < 4.78 is 45.4. The minimum absolute atomic E-state index is 0.0826. The van der Waals surface area contributed by atoms with E-state index in [0.717, 1.165) is 35.2 Å². The number of methoxy groups -OCH3 is 1. The molecule has 3 aromatic rings. The second-order valence-electron chi connectivity index (χ2n) is 6.42. The van der Waals surface area contributed by atoms with E-state index in [4.69, 9.17) is 4.74 Å². The normalized spacial score (nSPS) is 12.5. The quantitative estimate of drug-likeness (QED) is 0.571. The Kier molecular flexibility index (Phi) is 6.35. The van der Waals surface area contributed by atoms with Crippen LogP contribution in [0.3, 0.4) is 0 Å². The maximum atomic E-state index is 12.8. The third kappa shape index (κ3) is 4.93. The number of ether oxygens (including phenoxy) is 1. The van der Waals surface area contributed by atoms with Gasteiger partial charge in [0, 0.05) is 18.3 Å². The zero-order valence-corrected chi connectivity index (χ0v) is 17.2. The van der Waals surface area contributed by atoms with Crippen LogP contribution < -0.4 is 10.1 Å². The molecule has 0 radical (unpaired) electrons. The Balaban J connectivity index is 1.69. The van der Waals surface area contributed by atoms with E-state index in [1.54, 1.807) is 25.6 Å². The summed E-state index contributed by atoms with van der Waals surface area (Å²) >= 11 is 1.16. The number of alkyl halides is 3. The van der Waals surface area contributed by atoms with Gasteiger partial charge >= 0.3 is 6.18 Å². The lowest BCUT2D eigenvalue weighted by atomic mass is 10.2. The Hall–Kier alpha value is -3.01. The fourth-order valence-electron chi connectivity index (χ4n) is 2.64. The highest BCUT2D eigenvalue weighted by molar-refractivity contribution is 8.00. The van der Waals surface area contributed by atoms with Gasteiger partial charge in [0.2, 0.25) is 5.91 Å². The summed E-state index contributed by atoms with van der Waals surface area (Å²) in [4.78, 5) is 12.5. The Morgan fingerprint density at radius 1 is 1.17 bits per heavy atom. The van der Waals surface area contributed by atoms with Crippen molar-refractivity contribution in [1.29, 1.82) is 0 Å². The number of rotatable bonds is 6. The van der Waals surface area contributed by atoms with E-state index in [0.29, 0.717) is 11.0 Å². The van der Waals surface area contributed by atoms with Crippen LogP contribution in [0.15, 0.2) is 53.7 Å². The third-order valence-electron chi connectivity index (χ3n) is 4.29. The van der Waals surface area contributed by atoms with Crippen molar-refractivity contribution < 1.29 is 22.7 Å². The molecule has 1 atom stereocenters. The van der Waals surface area contributed by atoms with Gasteiger partial charge < -0.3 is 14.6 Å². The Morgan fingerprint density at radius 3 is 2.50 bits per heavy atom. The summed E-state index contributed by atoms with van der Waals surface area (Å²) in [5.74, 6) is 0.898. The Morgan fingerprint density at radius 2 is 1.87 bits per heavy atom. The number of benzene rings is 2. The van der Waals surface area contributed by atoms with Crippen LogP contribution in [0.1, 0.15) is 12.5 Å². The molecule has 0 bridgehead atoms. The lowest BCUT2D eigenvalue weighted by Gasteiger charge is -2.13. The van der Waals surface area contributed by atoms with Crippen LogP contribution in [0, 0.1) is 0 Å². The van der Waals surface area contributed by atoms with Crippen molar-refractivity contribution in [3.8, 4) is 17.1 Å². The predicted octanol–water partition coefficient (Wildman–Crippen LogP) is 4.63. The molecule has 6 nitrogen and oxygen atoms in total. The zero-order valence-electron chi connectivity index (χ0n) is 16.4. The van der Waals surface area contributed by atoms with Crippen LogP contribution in [0.4, 0.5) is 18.9 Å². The van der Waals surface area contributed by atoms with Gasteiger partial charge in [0.15, 0.2) is 11.0 Å². The molecular weight excluding hydrogens is 417 g/mol. The average Bonchev–Trinajstić information content (AvgIpc) is 3.07. The van der Waals surface area contributed by atoms with E-state index >= 15 is 0 Å². The lowest BCUT2D eigenvalue weighted by Crippen LogP contribution is -2.23. The first kappa shape index (κ1) is 21.7. The van der Waals surface area contributed by atoms with Crippen molar-refractivity contribution >= 4 is 23.4 Å². The lowest BCUT2D eigenvalue weighted by molar-refractivity contribution is -0.137. The number of carbonyl (C=O) groups is 1. The predicted molar refractivity (Wildman–Crippen MR) is 108 cm³/mol. The van der Waals surface area contributed by atoms with Gasteiger partial charge in [-0.2, -0.15) is 13.2 Å². The molecule has 3 rings (SSSR count). The molecule has 2 aromatic carbocycles. The molecule has 0 fully saturated rings. The molecule has 30 heavy (non-hydrogen) atoms. The highest BCUT2D eigenvalue weighted by Gasteiger charge is 2.30. The molecule has 158 valence electrons. The van der Waals surface area contributed by atoms with E-state index in [1.165, 1.54) is 12.1 Å². The number of carbonyl (C=O) groups excluding carboxylic acids is 1. The van der Waals surface area contributed by atoms with Crippen LogP contribution in [-0.2, 0) is 18.0 Å². The van der Waals surface area contributed by atoms with Gasteiger partial charge in [-0.15, -0.1) is 10.2 Å². The number of nitrogens with zero attached hydrogens (tertiary/aromatic N) is 3. The number of nitrogens with one attached hydrogen (secondary N) is 1. The van der Waals surface area contributed by atoms with Gasteiger partial charge in [-0.3, -0.25) is 4.79 Å². The van der Waals surface area contributed by atoms with Crippen LogP contribution in [0.2, 0.25) is 0 Å². The first-order chi connectivity index (χ1) is 14.2. The molecule has 1 unspecified atom stereocenters. The second kappa shape index (κ2) is 8.78. The summed E-state index contributed by atoms with van der Waals surface area (Å²) in [5, 5.41) is 10.7. The van der Waals surface area contributed by atoms with E-state index in [1.807, 2.05) is 24.3 Å². The number of hydrogen-bond acceptors (Lipinski definition) is 5. The molecule has 0 aliphatic carbocycles. The van der Waals surface area contributed by atoms with Gasteiger partial charge in [0.25, 0.3) is 0 Å².